The molecule has 1 saturated heterocycles. The maximum absolute atomic E-state index is 12.5. The number of carbonyl (C=O) groups is 1. The van der Waals surface area contributed by atoms with Gasteiger partial charge in [0.25, 0.3) is 0 Å². The van der Waals surface area contributed by atoms with Crippen molar-refractivity contribution in [1.29, 1.82) is 0 Å². The third-order valence-corrected chi connectivity index (χ3v) is 5.16. The highest BCUT2D eigenvalue weighted by Gasteiger charge is 2.30. The van der Waals surface area contributed by atoms with E-state index in [0.717, 1.165) is 42.9 Å². The van der Waals surface area contributed by atoms with Gasteiger partial charge in [-0.1, -0.05) is 32.3 Å². The molecule has 5 nitrogen and oxygen atoms in total. The zero-order valence-electron chi connectivity index (χ0n) is 16.7. The summed E-state index contributed by atoms with van der Waals surface area (Å²) in [5.41, 5.74) is 1.13. The molecule has 0 spiro atoms. The Morgan fingerprint density at radius 1 is 1.31 bits per heavy atom. The number of hydrogen-bond acceptors (Lipinski definition) is 4. The molecule has 0 aromatic heterocycles. The molecule has 1 aliphatic rings. The lowest BCUT2D eigenvalue weighted by atomic mass is 10.0. The van der Waals surface area contributed by atoms with E-state index in [9.17, 15) is 4.79 Å². The first-order valence-corrected chi connectivity index (χ1v) is 9.84. The predicted octanol–water partition coefficient (Wildman–Crippen LogP) is 3.93. The number of likely N-dealkylation sites (tertiary alicyclic amines) is 1. The number of rotatable bonds is 10. The zero-order valence-corrected chi connectivity index (χ0v) is 16.7. The van der Waals surface area contributed by atoms with Crippen LogP contribution in [0.15, 0.2) is 18.2 Å². The summed E-state index contributed by atoms with van der Waals surface area (Å²) in [5.74, 6) is 1.73. The smallest absolute Gasteiger partial charge is 0.234 e. The fraction of sp³-hybridized carbons (Fsp3) is 0.667. The van der Waals surface area contributed by atoms with E-state index in [1.807, 2.05) is 12.1 Å². The number of ether oxygens (including phenoxy) is 2. The zero-order chi connectivity index (χ0) is 18.9. The number of hydrogen-bond donors (Lipinski definition) is 1. The molecular weight excluding hydrogens is 328 g/mol. The Bertz CT molecular complexity index is 576. The minimum Gasteiger partial charge on any atom is -0.497 e. The van der Waals surface area contributed by atoms with Gasteiger partial charge in [-0.05, 0) is 38.8 Å². The van der Waals surface area contributed by atoms with Gasteiger partial charge in [0.15, 0.2) is 0 Å². The summed E-state index contributed by atoms with van der Waals surface area (Å²) in [6, 6.07) is 6.40. The average Bonchev–Trinajstić information content (AvgIpc) is 3.08. The Morgan fingerprint density at radius 3 is 2.81 bits per heavy atom. The average molecular weight is 363 g/mol. The largest absolute Gasteiger partial charge is 0.497 e. The SMILES string of the molecule is CCCCCC(C)NC(=O)CN1CCCC1c1ccc(OC)cc1OC. The van der Waals surface area contributed by atoms with Gasteiger partial charge in [-0.3, -0.25) is 9.69 Å². The molecule has 1 aromatic carbocycles. The van der Waals surface area contributed by atoms with E-state index in [2.05, 4.69) is 30.1 Å². The van der Waals surface area contributed by atoms with Gasteiger partial charge in [0.05, 0.1) is 20.8 Å². The lowest BCUT2D eigenvalue weighted by molar-refractivity contribution is -0.123. The summed E-state index contributed by atoms with van der Waals surface area (Å²) in [4.78, 5) is 14.7. The summed E-state index contributed by atoms with van der Waals surface area (Å²) in [7, 11) is 3.34. The monoisotopic (exact) mass is 362 g/mol. The van der Waals surface area contributed by atoms with E-state index in [-0.39, 0.29) is 18.0 Å². The van der Waals surface area contributed by atoms with Crippen LogP contribution in [0.5, 0.6) is 11.5 Å². The molecule has 2 atom stereocenters. The van der Waals surface area contributed by atoms with Crippen molar-refractivity contribution in [2.45, 2.75) is 64.5 Å². The summed E-state index contributed by atoms with van der Waals surface area (Å²) in [6.07, 6.45) is 6.80. The second-order valence-electron chi connectivity index (χ2n) is 7.20. The summed E-state index contributed by atoms with van der Waals surface area (Å²) in [6.45, 7) is 5.68. The highest BCUT2D eigenvalue weighted by Crippen LogP contribution is 2.38. The molecule has 1 aliphatic heterocycles. The van der Waals surface area contributed by atoms with Crippen molar-refractivity contribution in [3.05, 3.63) is 23.8 Å². The molecule has 1 aromatic rings. The second kappa shape index (κ2) is 10.4. The van der Waals surface area contributed by atoms with Crippen molar-refractivity contribution in [1.82, 2.24) is 10.2 Å². The molecular formula is C21H34N2O3. The van der Waals surface area contributed by atoms with Crippen LogP contribution in [0.3, 0.4) is 0 Å². The summed E-state index contributed by atoms with van der Waals surface area (Å²) in [5, 5.41) is 3.15. The van der Waals surface area contributed by atoms with Crippen LogP contribution < -0.4 is 14.8 Å². The van der Waals surface area contributed by atoms with Crippen molar-refractivity contribution in [2.24, 2.45) is 0 Å². The van der Waals surface area contributed by atoms with Gasteiger partial charge in [0.1, 0.15) is 11.5 Å². The number of nitrogens with one attached hydrogen (secondary N) is 1. The van der Waals surface area contributed by atoms with E-state index in [4.69, 9.17) is 9.47 Å². The Kier molecular flexibility index (Phi) is 8.23. The van der Waals surface area contributed by atoms with Crippen LogP contribution in [0, 0.1) is 0 Å². The van der Waals surface area contributed by atoms with Crippen molar-refractivity contribution < 1.29 is 14.3 Å². The Morgan fingerprint density at radius 2 is 2.12 bits per heavy atom. The van der Waals surface area contributed by atoms with E-state index < -0.39 is 0 Å². The molecule has 0 radical (unpaired) electrons. The fourth-order valence-corrected chi connectivity index (χ4v) is 3.74. The summed E-state index contributed by atoms with van der Waals surface area (Å²) >= 11 is 0. The minimum atomic E-state index is 0.119. The summed E-state index contributed by atoms with van der Waals surface area (Å²) < 4.78 is 10.9. The maximum atomic E-state index is 12.5. The van der Waals surface area contributed by atoms with Crippen LogP contribution >= 0.6 is 0 Å². The molecule has 0 aliphatic carbocycles. The van der Waals surface area contributed by atoms with Gasteiger partial charge in [-0.2, -0.15) is 0 Å². The van der Waals surface area contributed by atoms with E-state index in [0.29, 0.717) is 6.54 Å². The highest BCUT2D eigenvalue weighted by molar-refractivity contribution is 5.78. The molecule has 0 saturated carbocycles. The molecule has 2 rings (SSSR count). The third-order valence-electron chi connectivity index (χ3n) is 5.16. The standard InChI is InChI=1S/C21H34N2O3/c1-5-6-7-9-16(2)22-21(24)15-23-13-8-10-19(23)18-12-11-17(25-3)14-20(18)26-4/h11-12,14,16,19H,5-10,13,15H2,1-4H3,(H,22,24). The van der Waals surface area contributed by atoms with Gasteiger partial charge >= 0.3 is 0 Å². The molecule has 5 heteroatoms. The van der Waals surface area contributed by atoms with E-state index in [1.165, 1.54) is 19.3 Å². The normalized spacial score (nSPS) is 18.5. The van der Waals surface area contributed by atoms with Crippen LogP contribution in [0.2, 0.25) is 0 Å². The molecule has 0 bridgehead atoms. The lowest BCUT2D eigenvalue weighted by Gasteiger charge is -2.26. The van der Waals surface area contributed by atoms with Crippen LogP contribution in [0.1, 0.15) is 64.0 Å². The van der Waals surface area contributed by atoms with Crippen molar-refractivity contribution >= 4 is 5.91 Å². The fourth-order valence-electron chi connectivity index (χ4n) is 3.74. The van der Waals surface area contributed by atoms with Gasteiger partial charge in [-0.15, -0.1) is 0 Å². The first-order valence-electron chi connectivity index (χ1n) is 9.84. The first-order chi connectivity index (χ1) is 12.6. The molecule has 1 N–H and O–H groups in total. The lowest BCUT2D eigenvalue weighted by Crippen LogP contribution is -2.40. The number of benzene rings is 1. The predicted molar refractivity (Wildman–Crippen MR) is 105 cm³/mol. The number of amides is 1. The number of nitrogens with zero attached hydrogens (tertiary/aromatic N) is 1. The Balaban J connectivity index is 1.96. The Labute approximate surface area is 158 Å². The number of unbranched alkanes of at least 4 members (excludes halogenated alkanes) is 2. The Hall–Kier alpha value is -1.75. The molecule has 146 valence electrons. The molecule has 1 fully saturated rings. The van der Waals surface area contributed by atoms with Crippen LogP contribution in [0.25, 0.3) is 0 Å². The van der Waals surface area contributed by atoms with E-state index >= 15 is 0 Å². The van der Waals surface area contributed by atoms with Crippen LogP contribution in [0.4, 0.5) is 0 Å². The number of carbonyl (C=O) groups excluding carboxylic acids is 1. The van der Waals surface area contributed by atoms with Gasteiger partial charge in [-0.25, -0.2) is 0 Å². The minimum absolute atomic E-state index is 0.119. The molecule has 1 amide bonds. The second-order valence-corrected chi connectivity index (χ2v) is 7.20. The molecule has 1 heterocycles. The third kappa shape index (κ3) is 5.63. The van der Waals surface area contributed by atoms with Crippen molar-refractivity contribution in [3.8, 4) is 11.5 Å². The van der Waals surface area contributed by atoms with Crippen molar-refractivity contribution in [2.75, 3.05) is 27.3 Å². The maximum Gasteiger partial charge on any atom is 0.234 e. The van der Waals surface area contributed by atoms with Gasteiger partial charge in [0.2, 0.25) is 5.91 Å². The quantitative estimate of drug-likeness (QED) is 0.641. The van der Waals surface area contributed by atoms with Crippen LogP contribution in [-0.2, 0) is 4.79 Å². The van der Waals surface area contributed by atoms with Crippen molar-refractivity contribution in [3.63, 3.8) is 0 Å². The topological polar surface area (TPSA) is 50.8 Å². The van der Waals surface area contributed by atoms with Gasteiger partial charge < -0.3 is 14.8 Å². The van der Waals surface area contributed by atoms with Crippen LogP contribution in [-0.4, -0.2) is 44.2 Å². The number of methoxy groups -OCH3 is 2. The highest BCUT2D eigenvalue weighted by atomic mass is 16.5. The first kappa shape index (κ1) is 20.6. The molecule has 2 unspecified atom stereocenters. The van der Waals surface area contributed by atoms with E-state index in [1.54, 1.807) is 14.2 Å². The molecule has 26 heavy (non-hydrogen) atoms. The van der Waals surface area contributed by atoms with Gasteiger partial charge in [0, 0.05) is 23.7 Å².